The summed E-state index contributed by atoms with van der Waals surface area (Å²) in [5.74, 6) is 0.303. The normalized spacial score (nSPS) is 14.7. The van der Waals surface area contributed by atoms with Crippen LogP contribution < -0.4 is 4.74 Å². The fourth-order valence-electron chi connectivity index (χ4n) is 3.16. The van der Waals surface area contributed by atoms with Gasteiger partial charge in [0.2, 0.25) is 0 Å². The van der Waals surface area contributed by atoms with Crippen molar-refractivity contribution in [2.45, 2.75) is 32.0 Å². The monoisotopic (exact) mass is 362 g/mol. The number of benzene rings is 2. The molecule has 2 aromatic carbocycles. The van der Waals surface area contributed by atoms with Crippen LogP contribution in [0.25, 0.3) is 5.57 Å². The Morgan fingerprint density at radius 3 is 2.38 bits per heavy atom. The van der Waals surface area contributed by atoms with Gasteiger partial charge in [0.05, 0.1) is 5.56 Å². The minimum absolute atomic E-state index is 0.212. The van der Waals surface area contributed by atoms with E-state index in [1.807, 2.05) is 30.3 Å². The fourth-order valence-corrected chi connectivity index (χ4v) is 3.16. The summed E-state index contributed by atoms with van der Waals surface area (Å²) in [5, 5.41) is 19.1. The molecule has 2 N–H and O–H groups in total. The summed E-state index contributed by atoms with van der Waals surface area (Å²) in [5.41, 5.74) is 1.26. The first kappa shape index (κ1) is 18.5. The predicted octanol–water partition coefficient (Wildman–Crippen LogP) is 4.23. The Morgan fingerprint density at radius 2 is 1.73 bits per heavy atom. The second-order valence-electron chi connectivity index (χ2n) is 6.21. The van der Waals surface area contributed by atoms with Crippen LogP contribution in [0.3, 0.4) is 0 Å². The molecule has 0 saturated heterocycles. The van der Waals surface area contributed by atoms with Crippen LogP contribution in [0.4, 0.5) is 13.2 Å². The molecule has 0 amide bonds. The number of alkyl halides is 3. The zero-order chi connectivity index (χ0) is 18.7. The maximum atomic E-state index is 13.1. The van der Waals surface area contributed by atoms with Crippen LogP contribution in [-0.4, -0.2) is 17.2 Å². The van der Waals surface area contributed by atoms with Gasteiger partial charge >= 0.3 is 13.3 Å². The largest absolute Gasteiger partial charge is 0.488 e. The molecule has 0 aromatic heterocycles. The smallest absolute Gasteiger partial charge is 0.484 e. The Labute approximate surface area is 149 Å². The second kappa shape index (κ2) is 7.56. The Kier molecular flexibility index (Phi) is 5.39. The number of ether oxygens (including phenoxy) is 1. The van der Waals surface area contributed by atoms with E-state index in [2.05, 4.69) is 0 Å². The lowest BCUT2D eigenvalue weighted by Crippen LogP contribution is -2.15. The molecular weight excluding hydrogens is 344 g/mol. The third kappa shape index (κ3) is 4.11. The molecule has 0 spiro atoms. The van der Waals surface area contributed by atoms with E-state index in [4.69, 9.17) is 4.74 Å². The Bertz CT molecular complexity index is 801. The van der Waals surface area contributed by atoms with Gasteiger partial charge in [0, 0.05) is 5.56 Å². The molecule has 0 fully saturated rings. The number of hydrogen-bond acceptors (Lipinski definition) is 3. The zero-order valence-corrected chi connectivity index (χ0v) is 14.0. The lowest BCUT2D eigenvalue weighted by molar-refractivity contribution is -0.137. The van der Waals surface area contributed by atoms with Crippen molar-refractivity contribution in [3.8, 4) is 5.75 Å². The van der Waals surface area contributed by atoms with E-state index < -0.39 is 18.9 Å². The van der Waals surface area contributed by atoms with Crippen LogP contribution in [0.1, 0.15) is 36.0 Å². The SMILES string of the molecule is OB(O)C1=C(c2cc(C(F)(F)F)ccc2OCc2ccccc2)CCC1. The summed E-state index contributed by atoms with van der Waals surface area (Å²) < 4.78 is 45.2. The molecule has 0 atom stereocenters. The van der Waals surface area contributed by atoms with Crippen molar-refractivity contribution in [1.29, 1.82) is 0 Å². The summed E-state index contributed by atoms with van der Waals surface area (Å²) in [6, 6.07) is 12.6. The molecule has 2 aromatic rings. The first-order valence-electron chi connectivity index (χ1n) is 8.32. The van der Waals surface area contributed by atoms with E-state index in [1.165, 1.54) is 6.07 Å². The van der Waals surface area contributed by atoms with E-state index >= 15 is 0 Å². The summed E-state index contributed by atoms with van der Waals surface area (Å²) in [4.78, 5) is 0. The summed E-state index contributed by atoms with van der Waals surface area (Å²) in [6.45, 7) is 0.212. The highest BCUT2D eigenvalue weighted by Crippen LogP contribution is 2.41. The molecule has 136 valence electrons. The number of allylic oxidation sites excluding steroid dienone is 2. The molecule has 1 aliphatic carbocycles. The van der Waals surface area contributed by atoms with Crippen molar-refractivity contribution in [2.75, 3.05) is 0 Å². The van der Waals surface area contributed by atoms with Crippen molar-refractivity contribution >= 4 is 12.7 Å². The Hall–Kier alpha value is -2.25. The van der Waals surface area contributed by atoms with Gasteiger partial charge in [-0.25, -0.2) is 0 Å². The van der Waals surface area contributed by atoms with Gasteiger partial charge in [0.25, 0.3) is 0 Å². The lowest BCUT2D eigenvalue weighted by atomic mass is 9.75. The summed E-state index contributed by atoms with van der Waals surface area (Å²) in [7, 11) is -1.68. The quantitative estimate of drug-likeness (QED) is 0.783. The first-order valence-corrected chi connectivity index (χ1v) is 8.32. The highest BCUT2D eigenvalue weighted by Gasteiger charge is 2.33. The molecule has 0 heterocycles. The van der Waals surface area contributed by atoms with Gasteiger partial charge in [0.1, 0.15) is 12.4 Å². The standard InChI is InChI=1S/C19H18BF3O3/c21-19(22,23)14-9-10-18(26-12-13-5-2-1-3-6-13)16(11-14)15-7-4-8-17(15)20(24)25/h1-3,5-6,9-11,24-25H,4,7-8,12H2. The molecule has 26 heavy (non-hydrogen) atoms. The highest BCUT2D eigenvalue weighted by atomic mass is 19.4. The van der Waals surface area contributed by atoms with Crippen LogP contribution in [0.2, 0.25) is 0 Å². The van der Waals surface area contributed by atoms with E-state index in [0.717, 1.165) is 17.7 Å². The van der Waals surface area contributed by atoms with Gasteiger partial charge in [-0.2, -0.15) is 13.2 Å². The van der Waals surface area contributed by atoms with Crippen molar-refractivity contribution in [1.82, 2.24) is 0 Å². The molecule has 0 bridgehead atoms. The minimum atomic E-state index is -4.48. The summed E-state index contributed by atoms with van der Waals surface area (Å²) in [6.07, 6.45) is -2.89. The van der Waals surface area contributed by atoms with Gasteiger partial charge < -0.3 is 14.8 Å². The molecule has 7 heteroatoms. The number of hydrogen-bond donors (Lipinski definition) is 2. The summed E-state index contributed by atoms with van der Waals surface area (Å²) >= 11 is 0. The molecule has 1 aliphatic rings. The topological polar surface area (TPSA) is 49.7 Å². The number of halogens is 3. The van der Waals surface area contributed by atoms with Crippen LogP contribution in [0, 0.1) is 0 Å². The molecule has 0 saturated carbocycles. The maximum Gasteiger partial charge on any atom is 0.484 e. The maximum absolute atomic E-state index is 13.1. The first-order chi connectivity index (χ1) is 12.4. The van der Waals surface area contributed by atoms with E-state index in [1.54, 1.807) is 0 Å². The van der Waals surface area contributed by atoms with Crippen LogP contribution in [0.15, 0.2) is 54.0 Å². The van der Waals surface area contributed by atoms with E-state index in [9.17, 15) is 23.2 Å². The van der Waals surface area contributed by atoms with Crippen LogP contribution >= 0.6 is 0 Å². The highest BCUT2D eigenvalue weighted by molar-refractivity contribution is 6.52. The van der Waals surface area contributed by atoms with Crippen LogP contribution in [0.5, 0.6) is 5.75 Å². The molecule has 3 rings (SSSR count). The average molecular weight is 362 g/mol. The fraction of sp³-hybridized carbons (Fsp3) is 0.263. The van der Waals surface area contributed by atoms with Crippen molar-refractivity contribution < 1.29 is 28.0 Å². The average Bonchev–Trinajstić information content (AvgIpc) is 3.10. The Morgan fingerprint density at radius 1 is 1.00 bits per heavy atom. The second-order valence-corrected chi connectivity index (χ2v) is 6.21. The Balaban J connectivity index is 1.99. The third-order valence-electron chi connectivity index (χ3n) is 4.44. The van der Waals surface area contributed by atoms with Crippen LogP contribution in [-0.2, 0) is 12.8 Å². The van der Waals surface area contributed by atoms with Gasteiger partial charge in [-0.3, -0.25) is 0 Å². The van der Waals surface area contributed by atoms with Gasteiger partial charge in [-0.15, -0.1) is 0 Å². The van der Waals surface area contributed by atoms with Crippen molar-refractivity contribution in [3.05, 3.63) is 70.7 Å². The van der Waals surface area contributed by atoms with Gasteiger partial charge in [-0.1, -0.05) is 30.3 Å². The molecular formula is C19H18BF3O3. The molecule has 3 nitrogen and oxygen atoms in total. The predicted molar refractivity (Wildman–Crippen MR) is 93.2 cm³/mol. The van der Waals surface area contributed by atoms with Crippen molar-refractivity contribution in [2.24, 2.45) is 0 Å². The minimum Gasteiger partial charge on any atom is -0.488 e. The van der Waals surface area contributed by atoms with E-state index in [-0.39, 0.29) is 12.2 Å². The van der Waals surface area contributed by atoms with Crippen molar-refractivity contribution in [3.63, 3.8) is 0 Å². The van der Waals surface area contributed by atoms with Gasteiger partial charge in [0.15, 0.2) is 0 Å². The molecule has 0 unspecified atom stereocenters. The zero-order valence-electron chi connectivity index (χ0n) is 14.0. The molecule has 0 radical (unpaired) electrons. The third-order valence-corrected chi connectivity index (χ3v) is 4.44. The van der Waals surface area contributed by atoms with E-state index in [0.29, 0.717) is 36.1 Å². The van der Waals surface area contributed by atoms with Gasteiger partial charge in [-0.05, 0) is 54.1 Å². The lowest BCUT2D eigenvalue weighted by Gasteiger charge is -2.17. The molecule has 0 aliphatic heterocycles. The number of rotatable bonds is 5.